The maximum absolute atomic E-state index is 11.0. The first-order chi connectivity index (χ1) is 8.17. The van der Waals surface area contributed by atoms with Crippen molar-refractivity contribution in [2.45, 2.75) is 12.8 Å². The van der Waals surface area contributed by atoms with Gasteiger partial charge in [0.05, 0.1) is 12.8 Å². The highest BCUT2D eigenvalue weighted by atomic mass is 79.9. The van der Waals surface area contributed by atoms with Crippen LogP contribution in [0.25, 0.3) is 0 Å². The van der Waals surface area contributed by atoms with Gasteiger partial charge in [-0.1, -0.05) is 0 Å². The number of hydrogen-bond donors (Lipinski definition) is 2. The van der Waals surface area contributed by atoms with E-state index < -0.39 is 0 Å². The second-order valence-corrected chi connectivity index (χ2v) is 4.40. The van der Waals surface area contributed by atoms with Crippen molar-refractivity contribution in [3.05, 3.63) is 22.7 Å². The van der Waals surface area contributed by atoms with Gasteiger partial charge in [-0.05, 0) is 34.5 Å². The molecule has 0 saturated heterocycles. The van der Waals surface area contributed by atoms with Crippen LogP contribution >= 0.6 is 15.9 Å². The molecule has 0 bridgehead atoms. The van der Waals surface area contributed by atoms with Crippen molar-refractivity contribution >= 4 is 27.5 Å². The number of methoxy groups -OCH3 is 1. The summed E-state index contributed by atoms with van der Waals surface area (Å²) in [6, 6.07) is 5.74. The molecule has 94 valence electrons. The lowest BCUT2D eigenvalue weighted by molar-refractivity contribution is -0.120. The number of hydrogen-bond acceptors (Lipinski definition) is 3. The number of anilines is 1. The number of nitrogens with one attached hydrogen (secondary N) is 2. The molecular formula is C12H17BrN2O2. The molecular weight excluding hydrogens is 284 g/mol. The Balaban J connectivity index is 2.43. The number of benzene rings is 1. The van der Waals surface area contributed by atoms with Crippen molar-refractivity contribution in [1.29, 1.82) is 0 Å². The summed E-state index contributed by atoms with van der Waals surface area (Å²) in [7, 11) is 3.28. The average Bonchev–Trinajstić information content (AvgIpc) is 2.36. The van der Waals surface area contributed by atoms with Gasteiger partial charge in [0.2, 0.25) is 5.91 Å². The Morgan fingerprint density at radius 1 is 1.47 bits per heavy atom. The van der Waals surface area contributed by atoms with Crippen LogP contribution in [0.4, 0.5) is 5.69 Å². The Morgan fingerprint density at radius 2 is 2.24 bits per heavy atom. The third kappa shape index (κ3) is 4.65. The molecule has 0 unspecified atom stereocenters. The highest BCUT2D eigenvalue weighted by Gasteiger charge is 2.02. The van der Waals surface area contributed by atoms with Gasteiger partial charge in [-0.3, -0.25) is 4.79 Å². The van der Waals surface area contributed by atoms with Gasteiger partial charge in [-0.2, -0.15) is 0 Å². The van der Waals surface area contributed by atoms with Gasteiger partial charge in [0.15, 0.2) is 0 Å². The van der Waals surface area contributed by atoms with Crippen molar-refractivity contribution in [3.63, 3.8) is 0 Å². The summed E-state index contributed by atoms with van der Waals surface area (Å²) in [6.07, 6.45) is 1.33. The summed E-state index contributed by atoms with van der Waals surface area (Å²) < 4.78 is 6.13. The highest BCUT2D eigenvalue weighted by molar-refractivity contribution is 9.10. The van der Waals surface area contributed by atoms with Crippen LogP contribution in [0.15, 0.2) is 22.7 Å². The Labute approximate surface area is 110 Å². The van der Waals surface area contributed by atoms with Crippen LogP contribution in [0, 0.1) is 0 Å². The number of halogens is 1. The molecule has 1 aromatic rings. The fourth-order valence-corrected chi connectivity index (χ4v) is 1.75. The second kappa shape index (κ2) is 7.17. The van der Waals surface area contributed by atoms with Crippen molar-refractivity contribution in [2.24, 2.45) is 0 Å². The minimum Gasteiger partial charge on any atom is -0.497 e. The third-order valence-corrected chi connectivity index (χ3v) is 3.04. The van der Waals surface area contributed by atoms with Crippen LogP contribution in [0.5, 0.6) is 5.75 Å². The topological polar surface area (TPSA) is 50.4 Å². The molecule has 4 nitrogen and oxygen atoms in total. The van der Waals surface area contributed by atoms with E-state index in [2.05, 4.69) is 26.6 Å². The standard InChI is InChI=1S/C12H17BrN2O2/c1-14-12(16)4-3-7-15-11-8-9(17-2)5-6-10(11)13/h5-6,8,15H,3-4,7H2,1-2H3,(H,14,16). The molecule has 1 amide bonds. The van der Waals surface area contributed by atoms with E-state index in [1.165, 1.54) is 0 Å². The molecule has 0 aromatic heterocycles. The van der Waals surface area contributed by atoms with Gasteiger partial charge < -0.3 is 15.4 Å². The van der Waals surface area contributed by atoms with Crippen LogP contribution in [0.1, 0.15) is 12.8 Å². The van der Waals surface area contributed by atoms with Gasteiger partial charge in [-0.25, -0.2) is 0 Å². The molecule has 0 aliphatic rings. The number of amides is 1. The number of rotatable bonds is 6. The molecule has 0 aliphatic carbocycles. The maximum Gasteiger partial charge on any atom is 0.219 e. The van der Waals surface area contributed by atoms with Gasteiger partial charge >= 0.3 is 0 Å². The van der Waals surface area contributed by atoms with E-state index in [1.807, 2.05) is 18.2 Å². The first-order valence-electron chi connectivity index (χ1n) is 5.45. The zero-order valence-electron chi connectivity index (χ0n) is 10.0. The lowest BCUT2D eigenvalue weighted by Crippen LogP contribution is -2.18. The van der Waals surface area contributed by atoms with Crippen molar-refractivity contribution in [1.82, 2.24) is 5.32 Å². The molecule has 0 heterocycles. The first-order valence-corrected chi connectivity index (χ1v) is 6.24. The lowest BCUT2D eigenvalue weighted by atomic mass is 10.2. The molecule has 0 spiro atoms. The van der Waals surface area contributed by atoms with Crippen LogP contribution in [-0.2, 0) is 4.79 Å². The average molecular weight is 301 g/mol. The Kier molecular flexibility index (Phi) is 5.83. The van der Waals surface area contributed by atoms with Gasteiger partial charge in [0, 0.05) is 30.6 Å². The van der Waals surface area contributed by atoms with Crippen LogP contribution < -0.4 is 15.4 Å². The van der Waals surface area contributed by atoms with E-state index in [-0.39, 0.29) is 5.91 Å². The number of carbonyl (C=O) groups excluding carboxylic acids is 1. The van der Waals surface area contributed by atoms with Crippen molar-refractivity contribution in [3.8, 4) is 5.75 Å². The van der Waals surface area contributed by atoms with E-state index in [0.29, 0.717) is 6.42 Å². The third-order valence-electron chi connectivity index (χ3n) is 2.35. The zero-order chi connectivity index (χ0) is 12.7. The molecule has 0 saturated carbocycles. The molecule has 0 fully saturated rings. The van der Waals surface area contributed by atoms with Gasteiger partial charge in [0.25, 0.3) is 0 Å². The normalized spacial score (nSPS) is 9.82. The molecule has 1 rings (SSSR count). The number of ether oxygens (including phenoxy) is 1. The summed E-state index contributed by atoms with van der Waals surface area (Å²) in [5, 5.41) is 5.86. The molecule has 0 atom stereocenters. The van der Waals surface area contributed by atoms with Crippen molar-refractivity contribution in [2.75, 3.05) is 26.0 Å². The van der Waals surface area contributed by atoms with E-state index in [1.54, 1.807) is 14.2 Å². The zero-order valence-corrected chi connectivity index (χ0v) is 11.6. The summed E-state index contributed by atoms with van der Waals surface area (Å²) >= 11 is 3.46. The molecule has 0 radical (unpaired) electrons. The Bertz CT molecular complexity index is 383. The maximum atomic E-state index is 11.0. The van der Waals surface area contributed by atoms with E-state index in [9.17, 15) is 4.79 Å². The van der Waals surface area contributed by atoms with Crippen LogP contribution in [0.3, 0.4) is 0 Å². The molecule has 2 N–H and O–H groups in total. The summed E-state index contributed by atoms with van der Waals surface area (Å²) in [5.41, 5.74) is 0.973. The van der Waals surface area contributed by atoms with E-state index in [4.69, 9.17) is 4.74 Å². The van der Waals surface area contributed by atoms with Crippen molar-refractivity contribution < 1.29 is 9.53 Å². The highest BCUT2D eigenvalue weighted by Crippen LogP contribution is 2.26. The molecule has 17 heavy (non-hydrogen) atoms. The Morgan fingerprint density at radius 3 is 2.88 bits per heavy atom. The van der Waals surface area contributed by atoms with Gasteiger partial charge in [-0.15, -0.1) is 0 Å². The molecule has 0 aliphatic heterocycles. The first kappa shape index (κ1) is 13.8. The minimum absolute atomic E-state index is 0.0662. The van der Waals surface area contributed by atoms with Gasteiger partial charge in [0.1, 0.15) is 5.75 Å². The van der Waals surface area contributed by atoms with E-state index in [0.717, 1.165) is 28.9 Å². The van der Waals surface area contributed by atoms with Crippen LogP contribution in [0.2, 0.25) is 0 Å². The predicted molar refractivity (Wildman–Crippen MR) is 72.5 cm³/mol. The predicted octanol–water partition coefficient (Wildman–Crippen LogP) is 2.40. The molecule has 5 heteroatoms. The molecule has 1 aromatic carbocycles. The largest absolute Gasteiger partial charge is 0.497 e. The number of carbonyl (C=O) groups is 1. The lowest BCUT2D eigenvalue weighted by Gasteiger charge is -2.10. The fraction of sp³-hybridized carbons (Fsp3) is 0.417. The smallest absolute Gasteiger partial charge is 0.219 e. The Hall–Kier alpha value is -1.23. The summed E-state index contributed by atoms with van der Waals surface area (Å²) in [5.74, 6) is 0.874. The summed E-state index contributed by atoms with van der Waals surface area (Å²) in [4.78, 5) is 11.0. The fourth-order valence-electron chi connectivity index (χ4n) is 1.36. The SMILES string of the molecule is CNC(=O)CCCNc1cc(OC)ccc1Br. The monoisotopic (exact) mass is 300 g/mol. The quantitative estimate of drug-likeness (QED) is 0.793. The van der Waals surface area contributed by atoms with E-state index >= 15 is 0 Å². The van der Waals surface area contributed by atoms with Crippen LogP contribution in [-0.4, -0.2) is 26.6 Å². The second-order valence-electron chi connectivity index (χ2n) is 3.55. The summed E-state index contributed by atoms with van der Waals surface area (Å²) in [6.45, 7) is 0.749. The minimum atomic E-state index is 0.0662.